The van der Waals surface area contributed by atoms with Crippen LogP contribution >= 0.6 is 0 Å². The van der Waals surface area contributed by atoms with Crippen LogP contribution in [0.1, 0.15) is 44.7 Å². The molecule has 1 aromatic carbocycles. The van der Waals surface area contributed by atoms with Crippen molar-refractivity contribution in [3.05, 3.63) is 35.1 Å². The summed E-state index contributed by atoms with van der Waals surface area (Å²) in [6.07, 6.45) is 2.37. The van der Waals surface area contributed by atoms with Gasteiger partial charge < -0.3 is 5.11 Å². The van der Waals surface area contributed by atoms with Crippen molar-refractivity contribution in [1.29, 1.82) is 0 Å². The number of aliphatic hydroxyl groups is 1. The Morgan fingerprint density at radius 2 is 2.06 bits per heavy atom. The Bertz CT molecular complexity index is 452. The van der Waals surface area contributed by atoms with E-state index in [1.54, 1.807) is 12.1 Å². The highest BCUT2D eigenvalue weighted by atomic mass is 19.1. The van der Waals surface area contributed by atoms with Crippen molar-refractivity contribution in [2.45, 2.75) is 52.6 Å². The third kappa shape index (κ3) is 2.59. The summed E-state index contributed by atoms with van der Waals surface area (Å²) in [6.45, 7) is 8.46. The van der Waals surface area contributed by atoms with Gasteiger partial charge in [0.05, 0.1) is 5.60 Å². The molecule has 0 aliphatic heterocycles. The number of hydrogen-bond donors (Lipinski definition) is 1. The molecule has 0 aromatic heterocycles. The SMILES string of the molecule is Cc1ccc(F)cc1CC1(O)CC(C)(C)CC1C. The lowest BCUT2D eigenvalue weighted by Gasteiger charge is -2.29. The first-order valence-electron chi connectivity index (χ1n) is 6.69. The van der Waals surface area contributed by atoms with Crippen molar-refractivity contribution in [2.24, 2.45) is 11.3 Å². The largest absolute Gasteiger partial charge is 0.389 e. The summed E-state index contributed by atoms with van der Waals surface area (Å²) in [7, 11) is 0. The lowest BCUT2D eigenvalue weighted by molar-refractivity contribution is 0.00428. The van der Waals surface area contributed by atoms with Crippen LogP contribution in [0.5, 0.6) is 0 Å². The number of halogens is 1. The minimum atomic E-state index is -0.692. The van der Waals surface area contributed by atoms with Gasteiger partial charge in [0, 0.05) is 6.42 Å². The molecule has 1 N–H and O–H groups in total. The van der Waals surface area contributed by atoms with E-state index in [2.05, 4.69) is 20.8 Å². The normalized spacial score (nSPS) is 30.7. The van der Waals surface area contributed by atoms with Gasteiger partial charge in [0.15, 0.2) is 0 Å². The van der Waals surface area contributed by atoms with Crippen LogP contribution in [0.25, 0.3) is 0 Å². The van der Waals surface area contributed by atoms with Crippen molar-refractivity contribution in [3.8, 4) is 0 Å². The average Bonchev–Trinajstić information content (AvgIpc) is 2.41. The van der Waals surface area contributed by atoms with E-state index in [1.807, 2.05) is 6.92 Å². The molecule has 0 bridgehead atoms. The molecule has 2 unspecified atom stereocenters. The maximum absolute atomic E-state index is 13.3. The topological polar surface area (TPSA) is 20.2 Å². The van der Waals surface area contributed by atoms with Crippen LogP contribution in [0.3, 0.4) is 0 Å². The van der Waals surface area contributed by atoms with Gasteiger partial charge in [-0.05, 0) is 54.4 Å². The quantitative estimate of drug-likeness (QED) is 0.845. The maximum atomic E-state index is 13.3. The second kappa shape index (κ2) is 4.34. The molecular weight excluding hydrogens is 227 g/mol. The van der Waals surface area contributed by atoms with Gasteiger partial charge in [-0.15, -0.1) is 0 Å². The minimum absolute atomic E-state index is 0.176. The smallest absolute Gasteiger partial charge is 0.123 e. The molecular formula is C16H23FO. The molecule has 1 aliphatic rings. The fraction of sp³-hybridized carbons (Fsp3) is 0.625. The Kier molecular flexibility index (Phi) is 3.26. The number of aryl methyl sites for hydroxylation is 1. The van der Waals surface area contributed by atoms with E-state index in [0.717, 1.165) is 24.0 Å². The summed E-state index contributed by atoms with van der Waals surface area (Å²) in [5.74, 6) is 0.0410. The van der Waals surface area contributed by atoms with Gasteiger partial charge in [-0.2, -0.15) is 0 Å². The Morgan fingerprint density at radius 1 is 1.39 bits per heavy atom. The van der Waals surface area contributed by atoms with Crippen LogP contribution in [0.2, 0.25) is 0 Å². The van der Waals surface area contributed by atoms with Crippen molar-refractivity contribution in [1.82, 2.24) is 0 Å². The Morgan fingerprint density at radius 3 is 2.61 bits per heavy atom. The van der Waals surface area contributed by atoms with Crippen molar-refractivity contribution in [3.63, 3.8) is 0 Å². The van der Waals surface area contributed by atoms with Crippen molar-refractivity contribution >= 4 is 0 Å². The first-order valence-corrected chi connectivity index (χ1v) is 6.69. The third-order valence-corrected chi connectivity index (χ3v) is 4.37. The van der Waals surface area contributed by atoms with Gasteiger partial charge in [0.25, 0.3) is 0 Å². The van der Waals surface area contributed by atoms with Gasteiger partial charge >= 0.3 is 0 Å². The molecule has 1 aliphatic carbocycles. The molecule has 100 valence electrons. The minimum Gasteiger partial charge on any atom is -0.389 e. The van der Waals surface area contributed by atoms with E-state index < -0.39 is 5.60 Å². The van der Waals surface area contributed by atoms with Gasteiger partial charge in [-0.3, -0.25) is 0 Å². The monoisotopic (exact) mass is 250 g/mol. The molecule has 2 atom stereocenters. The lowest BCUT2D eigenvalue weighted by atomic mass is 9.83. The van der Waals surface area contributed by atoms with Crippen LogP contribution in [0, 0.1) is 24.1 Å². The molecule has 2 heteroatoms. The van der Waals surface area contributed by atoms with Gasteiger partial charge in [-0.25, -0.2) is 4.39 Å². The molecule has 0 heterocycles. The molecule has 0 amide bonds. The molecule has 18 heavy (non-hydrogen) atoms. The predicted octanol–water partition coefficient (Wildman–Crippen LogP) is 3.86. The fourth-order valence-electron chi connectivity index (χ4n) is 3.49. The van der Waals surface area contributed by atoms with E-state index in [-0.39, 0.29) is 17.2 Å². The summed E-state index contributed by atoms with van der Waals surface area (Å²) >= 11 is 0. The van der Waals surface area contributed by atoms with Crippen LogP contribution in [0.4, 0.5) is 4.39 Å². The van der Waals surface area contributed by atoms with Crippen molar-refractivity contribution < 1.29 is 9.50 Å². The molecule has 1 saturated carbocycles. The zero-order valence-corrected chi connectivity index (χ0v) is 11.8. The maximum Gasteiger partial charge on any atom is 0.123 e. The van der Waals surface area contributed by atoms with Crippen LogP contribution in [0.15, 0.2) is 18.2 Å². The van der Waals surface area contributed by atoms with E-state index in [9.17, 15) is 9.50 Å². The van der Waals surface area contributed by atoms with Gasteiger partial charge in [0.1, 0.15) is 5.82 Å². The summed E-state index contributed by atoms with van der Waals surface area (Å²) in [5, 5.41) is 10.8. The van der Waals surface area contributed by atoms with E-state index in [1.165, 1.54) is 6.07 Å². The predicted molar refractivity (Wildman–Crippen MR) is 72.0 cm³/mol. The highest BCUT2D eigenvalue weighted by Gasteiger charge is 2.47. The Hall–Kier alpha value is -0.890. The highest BCUT2D eigenvalue weighted by molar-refractivity contribution is 5.28. The van der Waals surface area contributed by atoms with Crippen LogP contribution < -0.4 is 0 Å². The standard InChI is InChI=1S/C16H23FO/c1-11-5-6-14(17)7-13(11)9-16(18)10-15(3,4)8-12(16)2/h5-7,12,18H,8-10H2,1-4H3. The molecule has 1 nitrogen and oxygen atoms in total. The summed E-state index contributed by atoms with van der Waals surface area (Å²) < 4.78 is 13.3. The lowest BCUT2D eigenvalue weighted by Crippen LogP contribution is -2.35. The molecule has 0 saturated heterocycles. The van der Waals surface area contributed by atoms with Crippen molar-refractivity contribution in [2.75, 3.05) is 0 Å². The fourth-order valence-corrected chi connectivity index (χ4v) is 3.49. The molecule has 0 spiro atoms. The van der Waals surface area contributed by atoms with E-state index >= 15 is 0 Å². The zero-order chi connectivity index (χ0) is 13.6. The van der Waals surface area contributed by atoms with Gasteiger partial charge in [0.2, 0.25) is 0 Å². The second-order valence-corrected chi connectivity index (χ2v) is 6.80. The summed E-state index contributed by atoms with van der Waals surface area (Å²) in [5.41, 5.74) is 1.47. The highest BCUT2D eigenvalue weighted by Crippen LogP contribution is 2.48. The Balaban J connectivity index is 2.25. The van der Waals surface area contributed by atoms with Crippen LogP contribution in [-0.2, 0) is 6.42 Å². The van der Waals surface area contributed by atoms with Gasteiger partial charge in [-0.1, -0.05) is 26.8 Å². The van der Waals surface area contributed by atoms with Crippen LogP contribution in [-0.4, -0.2) is 10.7 Å². The molecule has 2 rings (SSSR count). The number of benzene rings is 1. The average molecular weight is 250 g/mol. The second-order valence-electron chi connectivity index (χ2n) is 6.80. The van der Waals surface area contributed by atoms with E-state index in [4.69, 9.17) is 0 Å². The third-order valence-electron chi connectivity index (χ3n) is 4.37. The Labute approximate surface area is 109 Å². The molecule has 1 aromatic rings. The number of hydrogen-bond acceptors (Lipinski definition) is 1. The first-order chi connectivity index (χ1) is 8.22. The molecule has 0 radical (unpaired) electrons. The van der Waals surface area contributed by atoms with E-state index in [0.29, 0.717) is 6.42 Å². The summed E-state index contributed by atoms with van der Waals surface area (Å²) in [6, 6.07) is 4.83. The molecule has 1 fully saturated rings. The number of rotatable bonds is 2. The zero-order valence-electron chi connectivity index (χ0n) is 11.8. The summed E-state index contributed by atoms with van der Waals surface area (Å²) in [4.78, 5) is 0. The first kappa shape index (κ1) is 13.5.